The molecule has 1 heterocycles. The average molecular weight is 249 g/mol. The highest BCUT2D eigenvalue weighted by Gasteiger charge is 2.27. The van der Waals surface area contributed by atoms with Gasteiger partial charge in [0.2, 0.25) is 0 Å². The highest BCUT2D eigenvalue weighted by atomic mass is 32.2. The number of aliphatic hydroxyl groups is 1. The van der Waals surface area contributed by atoms with E-state index < -0.39 is 24.1 Å². The summed E-state index contributed by atoms with van der Waals surface area (Å²) in [5.74, 6) is -2.02. The third kappa shape index (κ3) is 3.99. The van der Waals surface area contributed by atoms with Crippen LogP contribution in [-0.2, 0) is 9.59 Å². The number of aliphatic carboxylic acids is 2. The first-order valence-corrected chi connectivity index (χ1v) is 6.04. The Morgan fingerprint density at radius 3 is 2.69 bits per heavy atom. The predicted molar refractivity (Wildman–Crippen MR) is 58.5 cm³/mol. The van der Waals surface area contributed by atoms with Crippen LogP contribution >= 0.6 is 11.8 Å². The van der Waals surface area contributed by atoms with Crippen molar-refractivity contribution in [3.8, 4) is 0 Å². The molecule has 0 amide bonds. The van der Waals surface area contributed by atoms with E-state index in [0.29, 0.717) is 13.0 Å². The second-order valence-corrected chi connectivity index (χ2v) is 5.01. The lowest BCUT2D eigenvalue weighted by molar-refractivity contribution is -0.145. The molecule has 0 radical (unpaired) electrons. The van der Waals surface area contributed by atoms with Crippen molar-refractivity contribution >= 4 is 23.7 Å². The summed E-state index contributed by atoms with van der Waals surface area (Å²) in [5, 5.41) is 29.3. The molecule has 0 aromatic heterocycles. The van der Waals surface area contributed by atoms with Gasteiger partial charge in [-0.1, -0.05) is 0 Å². The second-order valence-electron chi connectivity index (χ2n) is 3.68. The monoisotopic (exact) mass is 249 g/mol. The van der Waals surface area contributed by atoms with Gasteiger partial charge in [0.1, 0.15) is 6.04 Å². The van der Waals surface area contributed by atoms with Crippen molar-refractivity contribution in [2.45, 2.75) is 30.2 Å². The predicted octanol–water partition coefficient (Wildman–Crippen LogP) is -0.630. The minimum absolute atomic E-state index is 0.0938. The van der Waals surface area contributed by atoms with E-state index >= 15 is 0 Å². The van der Waals surface area contributed by atoms with E-state index in [1.165, 1.54) is 11.8 Å². The second kappa shape index (κ2) is 6.07. The van der Waals surface area contributed by atoms with Crippen LogP contribution in [-0.4, -0.2) is 57.0 Å². The maximum atomic E-state index is 10.7. The van der Waals surface area contributed by atoms with Gasteiger partial charge in [-0.2, -0.15) is 11.8 Å². The molecule has 7 heteroatoms. The Morgan fingerprint density at radius 1 is 1.44 bits per heavy atom. The summed E-state index contributed by atoms with van der Waals surface area (Å²) in [4.78, 5) is 21.1. The standard InChI is InChI=1S/C9H15NO5S/c11-7(9(14)15)4-16-5-1-2-10-6(3-5)8(12)13/h5-7,10-11H,1-4H2,(H,12,13)(H,14,15)/t5-,6+,7-/m0/s1. The normalized spacial score (nSPS) is 27.3. The molecule has 6 nitrogen and oxygen atoms in total. The Morgan fingerprint density at radius 2 is 2.12 bits per heavy atom. The molecular formula is C9H15NO5S. The number of carboxylic acids is 2. The van der Waals surface area contributed by atoms with E-state index in [9.17, 15) is 9.59 Å². The van der Waals surface area contributed by atoms with Gasteiger partial charge in [0.25, 0.3) is 0 Å². The van der Waals surface area contributed by atoms with Gasteiger partial charge in [-0.3, -0.25) is 4.79 Å². The number of hydrogen-bond donors (Lipinski definition) is 4. The maximum Gasteiger partial charge on any atom is 0.333 e. The average Bonchev–Trinajstić information content (AvgIpc) is 2.26. The SMILES string of the molecule is O=C(O)[C@@H](O)CS[C@H]1CCN[C@@H](C(=O)O)C1. The minimum Gasteiger partial charge on any atom is -0.480 e. The molecule has 0 aliphatic carbocycles. The number of piperidine rings is 1. The van der Waals surface area contributed by atoms with Crippen molar-refractivity contribution in [1.29, 1.82) is 0 Å². The lowest BCUT2D eigenvalue weighted by atomic mass is 10.1. The van der Waals surface area contributed by atoms with Crippen LogP contribution in [0.2, 0.25) is 0 Å². The molecular weight excluding hydrogens is 234 g/mol. The van der Waals surface area contributed by atoms with E-state index in [0.717, 1.165) is 6.42 Å². The molecule has 1 aliphatic rings. The molecule has 0 aromatic carbocycles. The Labute approximate surface area is 97.0 Å². The zero-order valence-corrected chi connectivity index (χ0v) is 9.44. The van der Waals surface area contributed by atoms with E-state index in [-0.39, 0.29) is 11.0 Å². The summed E-state index contributed by atoms with van der Waals surface area (Å²) >= 11 is 1.32. The highest BCUT2D eigenvalue weighted by molar-refractivity contribution is 7.99. The lowest BCUT2D eigenvalue weighted by Crippen LogP contribution is -2.44. The number of hydrogen-bond acceptors (Lipinski definition) is 5. The highest BCUT2D eigenvalue weighted by Crippen LogP contribution is 2.23. The van der Waals surface area contributed by atoms with Crippen LogP contribution < -0.4 is 5.32 Å². The Balaban J connectivity index is 2.32. The summed E-state index contributed by atoms with van der Waals surface area (Å²) in [6.45, 7) is 0.609. The van der Waals surface area contributed by atoms with Crippen molar-refractivity contribution in [3.63, 3.8) is 0 Å². The largest absolute Gasteiger partial charge is 0.480 e. The fourth-order valence-corrected chi connectivity index (χ4v) is 2.73. The van der Waals surface area contributed by atoms with E-state index in [4.69, 9.17) is 15.3 Å². The van der Waals surface area contributed by atoms with Crippen LogP contribution in [0.15, 0.2) is 0 Å². The summed E-state index contributed by atoms with van der Waals surface area (Å²) < 4.78 is 0. The van der Waals surface area contributed by atoms with Gasteiger partial charge in [-0.15, -0.1) is 0 Å². The number of carbonyl (C=O) groups is 2. The lowest BCUT2D eigenvalue weighted by Gasteiger charge is -2.27. The van der Waals surface area contributed by atoms with Crippen molar-refractivity contribution in [3.05, 3.63) is 0 Å². The molecule has 0 bridgehead atoms. The molecule has 0 unspecified atom stereocenters. The van der Waals surface area contributed by atoms with Crippen LogP contribution in [0.25, 0.3) is 0 Å². The number of carboxylic acid groups (broad SMARTS) is 2. The van der Waals surface area contributed by atoms with Crippen molar-refractivity contribution in [2.24, 2.45) is 0 Å². The molecule has 0 aromatic rings. The molecule has 3 atom stereocenters. The quantitative estimate of drug-likeness (QED) is 0.514. The summed E-state index contributed by atoms with van der Waals surface area (Å²) in [5.41, 5.74) is 0. The molecule has 92 valence electrons. The molecule has 0 saturated carbocycles. The number of rotatable bonds is 5. The van der Waals surface area contributed by atoms with Crippen molar-refractivity contribution < 1.29 is 24.9 Å². The van der Waals surface area contributed by atoms with Crippen LogP contribution in [0, 0.1) is 0 Å². The topological polar surface area (TPSA) is 107 Å². The Hall–Kier alpha value is -0.790. The zero-order chi connectivity index (χ0) is 12.1. The van der Waals surface area contributed by atoms with E-state index in [2.05, 4.69) is 5.32 Å². The first-order chi connectivity index (χ1) is 7.50. The zero-order valence-electron chi connectivity index (χ0n) is 8.63. The summed E-state index contributed by atoms with van der Waals surface area (Å²) in [7, 11) is 0. The molecule has 16 heavy (non-hydrogen) atoms. The first-order valence-electron chi connectivity index (χ1n) is 4.99. The van der Waals surface area contributed by atoms with Crippen LogP contribution in [0.1, 0.15) is 12.8 Å². The molecule has 0 spiro atoms. The van der Waals surface area contributed by atoms with Gasteiger partial charge in [0, 0.05) is 11.0 Å². The van der Waals surface area contributed by atoms with Gasteiger partial charge < -0.3 is 20.6 Å². The van der Waals surface area contributed by atoms with Gasteiger partial charge in [0.05, 0.1) is 0 Å². The molecule has 1 saturated heterocycles. The van der Waals surface area contributed by atoms with Gasteiger partial charge in [0.15, 0.2) is 6.10 Å². The van der Waals surface area contributed by atoms with Crippen molar-refractivity contribution in [2.75, 3.05) is 12.3 Å². The third-order valence-corrected chi connectivity index (χ3v) is 3.84. The fourth-order valence-electron chi connectivity index (χ4n) is 1.52. The fraction of sp³-hybridized carbons (Fsp3) is 0.778. The van der Waals surface area contributed by atoms with Gasteiger partial charge >= 0.3 is 11.9 Å². The number of aliphatic hydroxyl groups excluding tert-OH is 1. The van der Waals surface area contributed by atoms with E-state index in [1.807, 2.05) is 0 Å². The van der Waals surface area contributed by atoms with Crippen LogP contribution in [0.3, 0.4) is 0 Å². The van der Waals surface area contributed by atoms with Crippen molar-refractivity contribution in [1.82, 2.24) is 5.32 Å². The van der Waals surface area contributed by atoms with Crippen LogP contribution in [0.5, 0.6) is 0 Å². The smallest absolute Gasteiger partial charge is 0.333 e. The summed E-state index contributed by atoms with van der Waals surface area (Å²) in [6, 6.07) is -0.562. The first kappa shape index (κ1) is 13.3. The molecule has 1 fully saturated rings. The Kier molecular flexibility index (Phi) is 5.04. The molecule has 1 rings (SSSR count). The third-order valence-electron chi connectivity index (χ3n) is 2.43. The van der Waals surface area contributed by atoms with Crippen LogP contribution in [0.4, 0.5) is 0 Å². The molecule has 1 aliphatic heterocycles. The molecule has 4 N–H and O–H groups in total. The maximum absolute atomic E-state index is 10.7. The summed E-state index contributed by atoms with van der Waals surface area (Å²) in [6.07, 6.45) is -0.115. The van der Waals surface area contributed by atoms with Gasteiger partial charge in [-0.25, -0.2) is 4.79 Å². The van der Waals surface area contributed by atoms with Gasteiger partial charge in [-0.05, 0) is 19.4 Å². The van der Waals surface area contributed by atoms with E-state index in [1.54, 1.807) is 0 Å². The Bertz CT molecular complexity index is 273. The minimum atomic E-state index is -1.37. The number of nitrogens with one attached hydrogen (secondary N) is 1. The number of thioether (sulfide) groups is 1.